The number of nitrogens with one attached hydrogen (secondary N) is 1. The van der Waals surface area contributed by atoms with Gasteiger partial charge in [0.2, 0.25) is 0 Å². The van der Waals surface area contributed by atoms with Gasteiger partial charge in [0.1, 0.15) is 6.10 Å². The smallest absolute Gasteiger partial charge is 0.193 e. The maximum Gasteiger partial charge on any atom is 0.193 e. The number of ether oxygens (including phenoxy) is 2. The van der Waals surface area contributed by atoms with E-state index in [9.17, 15) is 0 Å². The van der Waals surface area contributed by atoms with E-state index < -0.39 is 0 Å². The highest BCUT2D eigenvalue weighted by molar-refractivity contribution is 14.0. The minimum atomic E-state index is 0. The van der Waals surface area contributed by atoms with Crippen LogP contribution in [0.2, 0.25) is 0 Å². The van der Waals surface area contributed by atoms with Crippen molar-refractivity contribution >= 4 is 29.9 Å². The molecular formula is C19H32IN3O2. The van der Waals surface area contributed by atoms with Crippen LogP contribution in [0.15, 0.2) is 29.3 Å². The zero-order valence-corrected chi connectivity index (χ0v) is 18.2. The Bertz CT molecular complexity index is 537. The van der Waals surface area contributed by atoms with Crippen LogP contribution in [-0.4, -0.2) is 56.9 Å². The third-order valence-corrected chi connectivity index (χ3v) is 4.17. The highest BCUT2D eigenvalue weighted by atomic mass is 127. The molecule has 5 nitrogen and oxygen atoms in total. The van der Waals surface area contributed by atoms with E-state index >= 15 is 0 Å². The second-order valence-electron chi connectivity index (χ2n) is 6.41. The summed E-state index contributed by atoms with van der Waals surface area (Å²) in [4.78, 5) is 6.71. The van der Waals surface area contributed by atoms with Gasteiger partial charge in [-0.1, -0.05) is 24.3 Å². The average Bonchev–Trinajstić information content (AvgIpc) is 2.58. The predicted molar refractivity (Wildman–Crippen MR) is 114 cm³/mol. The fourth-order valence-electron chi connectivity index (χ4n) is 2.90. The predicted octanol–water partition coefficient (Wildman–Crippen LogP) is 3.38. The molecule has 1 atom stereocenters. The molecule has 0 amide bonds. The molecule has 6 heteroatoms. The number of rotatable bonds is 6. The maximum absolute atomic E-state index is 5.99. The van der Waals surface area contributed by atoms with Gasteiger partial charge >= 0.3 is 0 Å². The molecule has 0 spiro atoms. The Morgan fingerprint density at radius 1 is 1.40 bits per heavy atom. The lowest BCUT2D eigenvalue weighted by Gasteiger charge is -2.35. The molecule has 25 heavy (non-hydrogen) atoms. The number of hydrogen-bond acceptors (Lipinski definition) is 3. The van der Waals surface area contributed by atoms with Crippen LogP contribution in [0.3, 0.4) is 0 Å². The van der Waals surface area contributed by atoms with Gasteiger partial charge in [-0.3, -0.25) is 4.99 Å². The number of aryl methyl sites for hydroxylation is 1. The minimum absolute atomic E-state index is 0. The van der Waals surface area contributed by atoms with E-state index in [2.05, 4.69) is 60.2 Å². The number of aliphatic imine (C=N–C) groups is 1. The first-order valence-electron chi connectivity index (χ1n) is 8.86. The van der Waals surface area contributed by atoms with Gasteiger partial charge in [0.15, 0.2) is 5.96 Å². The maximum atomic E-state index is 5.99. The zero-order chi connectivity index (χ0) is 17.4. The molecule has 1 fully saturated rings. The summed E-state index contributed by atoms with van der Waals surface area (Å²) in [6.45, 7) is 10.3. The van der Waals surface area contributed by atoms with Crippen LogP contribution >= 0.6 is 24.0 Å². The summed E-state index contributed by atoms with van der Waals surface area (Å²) in [7, 11) is 1.84. The molecule has 1 N–H and O–H groups in total. The standard InChI is InChI=1S/C19H31N3O2.HI/c1-15(2)23-12-7-10-21-19(20-4)22-11-13-24-18(14-22)17-9-6-5-8-16(17)3;/h5-6,8-9,15,18H,7,10-14H2,1-4H3,(H,20,21);1H. The van der Waals surface area contributed by atoms with E-state index in [1.54, 1.807) is 0 Å². The van der Waals surface area contributed by atoms with Crippen molar-refractivity contribution in [2.45, 2.75) is 39.4 Å². The van der Waals surface area contributed by atoms with Gasteiger partial charge < -0.3 is 19.7 Å². The topological polar surface area (TPSA) is 46.1 Å². The van der Waals surface area contributed by atoms with Crippen molar-refractivity contribution < 1.29 is 9.47 Å². The molecule has 1 aromatic carbocycles. The molecule has 0 aliphatic carbocycles. The third-order valence-electron chi connectivity index (χ3n) is 4.17. The van der Waals surface area contributed by atoms with Gasteiger partial charge in [0.05, 0.1) is 19.3 Å². The molecule has 0 saturated carbocycles. The summed E-state index contributed by atoms with van der Waals surface area (Å²) in [5.41, 5.74) is 2.54. The Kier molecular flexibility index (Phi) is 10.4. The van der Waals surface area contributed by atoms with Gasteiger partial charge in [-0.2, -0.15) is 0 Å². The Labute approximate surface area is 169 Å². The lowest BCUT2D eigenvalue weighted by Crippen LogP contribution is -2.48. The second kappa shape index (κ2) is 11.7. The number of nitrogens with zero attached hydrogens (tertiary/aromatic N) is 2. The molecular weight excluding hydrogens is 429 g/mol. The van der Waals surface area contributed by atoms with E-state index in [1.807, 2.05) is 7.05 Å². The van der Waals surface area contributed by atoms with E-state index in [1.165, 1.54) is 11.1 Å². The summed E-state index contributed by atoms with van der Waals surface area (Å²) in [6.07, 6.45) is 1.36. The number of guanidine groups is 1. The molecule has 1 aromatic rings. The summed E-state index contributed by atoms with van der Waals surface area (Å²) in [6, 6.07) is 8.44. The molecule has 1 aliphatic heterocycles. The van der Waals surface area contributed by atoms with Crippen molar-refractivity contribution in [2.75, 3.05) is 39.9 Å². The zero-order valence-electron chi connectivity index (χ0n) is 15.8. The van der Waals surface area contributed by atoms with Crippen molar-refractivity contribution in [3.63, 3.8) is 0 Å². The fraction of sp³-hybridized carbons (Fsp3) is 0.632. The lowest BCUT2D eigenvalue weighted by molar-refractivity contribution is -0.00836. The van der Waals surface area contributed by atoms with Crippen molar-refractivity contribution in [2.24, 2.45) is 4.99 Å². The van der Waals surface area contributed by atoms with E-state index in [0.29, 0.717) is 6.10 Å². The molecule has 2 rings (SSSR count). The second-order valence-corrected chi connectivity index (χ2v) is 6.41. The highest BCUT2D eigenvalue weighted by Gasteiger charge is 2.24. The third kappa shape index (κ3) is 7.11. The Morgan fingerprint density at radius 2 is 2.16 bits per heavy atom. The van der Waals surface area contributed by atoms with Gasteiger partial charge in [0, 0.05) is 26.7 Å². The van der Waals surface area contributed by atoms with E-state index in [0.717, 1.165) is 45.2 Å². The van der Waals surface area contributed by atoms with Gasteiger partial charge in [0.25, 0.3) is 0 Å². The number of benzene rings is 1. The monoisotopic (exact) mass is 461 g/mol. The lowest BCUT2D eigenvalue weighted by atomic mass is 10.0. The molecule has 0 radical (unpaired) electrons. The number of hydrogen-bond donors (Lipinski definition) is 1. The van der Waals surface area contributed by atoms with Crippen LogP contribution in [0.1, 0.15) is 37.5 Å². The van der Waals surface area contributed by atoms with Crippen LogP contribution in [0.4, 0.5) is 0 Å². The molecule has 142 valence electrons. The van der Waals surface area contributed by atoms with Crippen molar-refractivity contribution in [1.29, 1.82) is 0 Å². The van der Waals surface area contributed by atoms with Crippen LogP contribution in [0.25, 0.3) is 0 Å². The Morgan fingerprint density at radius 3 is 2.84 bits per heavy atom. The number of morpholine rings is 1. The first-order chi connectivity index (χ1) is 11.6. The molecule has 1 unspecified atom stereocenters. The van der Waals surface area contributed by atoms with E-state index in [4.69, 9.17) is 9.47 Å². The van der Waals surface area contributed by atoms with Crippen LogP contribution in [0.5, 0.6) is 0 Å². The first kappa shape index (κ1) is 22.2. The quantitative estimate of drug-likeness (QED) is 0.306. The largest absolute Gasteiger partial charge is 0.379 e. The first-order valence-corrected chi connectivity index (χ1v) is 8.86. The van der Waals surface area contributed by atoms with Crippen molar-refractivity contribution in [3.05, 3.63) is 35.4 Å². The van der Waals surface area contributed by atoms with Gasteiger partial charge in [-0.15, -0.1) is 24.0 Å². The van der Waals surface area contributed by atoms with Gasteiger partial charge in [-0.25, -0.2) is 0 Å². The fourth-order valence-corrected chi connectivity index (χ4v) is 2.90. The molecule has 1 heterocycles. The summed E-state index contributed by atoms with van der Waals surface area (Å²) in [5.74, 6) is 0.946. The highest BCUT2D eigenvalue weighted by Crippen LogP contribution is 2.24. The molecule has 1 saturated heterocycles. The van der Waals surface area contributed by atoms with E-state index in [-0.39, 0.29) is 30.1 Å². The van der Waals surface area contributed by atoms with Gasteiger partial charge in [-0.05, 0) is 38.3 Å². The molecule has 1 aliphatic rings. The summed E-state index contributed by atoms with van der Waals surface area (Å²) < 4.78 is 11.6. The van der Waals surface area contributed by atoms with Crippen LogP contribution < -0.4 is 5.32 Å². The summed E-state index contributed by atoms with van der Waals surface area (Å²) in [5, 5.41) is 3.44. The Hall–Kier alpha value is -0.860. The van der Waals surface area contributed by atoms with Crippen LogP contribution in [-0.2, 0) is 9.47 Å². The molecule has 0 bridgehead atoms. The minimum Gasteiger partial charge on any atom is -0.379 e. The SMILES string of the molecule is CN=C(NCCCOC(C)C)N1CCOC(c2ccccc2C)C1.I. The summed E-state index contributed by atoms with van der Waals surface area (Å²) >= 11 is 0. The molecule has 0 aromatic heterocycles. The normalized spacial score (nSPS) is 18.2. The van der Waals surface area contributed by atoms with Crippen LogP contribution in [0, 0.1) is 6.92 Å². The average molecular weight is 461 g/mol. The Balaban J connectivity index is 0.00000312. The van der Waals surface area contributed by atoms with Crippen molar-refractivity contribution in [1.82, 2.24) is 10.2 Å². The van der Waals surface area contributed by atoms with Crippen molar-refractivity contribution in [3.8, 4) is 0 Å². The number of halogens is 1.